The van der Waals surface area contributed by atoms with E-state index in [0.717, 1.165) is 11.1 Å². The van der Waals surface area contributed by atoms with E-state index in [1.165, 1.54) is 0 Å². The lowest BCUT2D eigenvalue weighted by Gasteiger charge is -2.18. The van der Waals surface area contributed by atoms with Gasteiger partial charge in [-0.05, 0) is 49.2 Å². The Hall–Kier alpha value is -2.53. The van der Waals surface area contributed by atoms with Gasteiger partial charge in [0, 0.05) is 5.56 Å². The Bertz CT molecular complexity index is 794. The Morgan fingerprint density at radius 3 is 2.78 bits per heavy atom. The molecule has 0 aromatic heterocycles. The first-order valence-electron chi connectivity index (χ1n) is 7.09. The highest BCUT2D eigenvalue weighted by Gasteiger charge is 2.18. The van der Waals surface area contributed by atoms with Crippen molar-refractivity contribution in [2.45, 2.75) is 13.8 Å². The van der Waals surface area contributed by atoms with Crippen LogP contribution in [0.25, 0.3) is 0 Å². The van der Waals surface area contributed by atoms with Gasteiger partial charge in [0.15, 0.2) is 6.61 Å². The molecule has 1 aliphatic rings. The molecule has 118 valence electrons. The molecule has 2 aromatic carbocycles. The quantitative estimate of drug-likeness (QED) is 0.885. The van der Waals surface area contributed by atoms with Gasteiger partial charge in [-0.2, -0.15) is 0 Å². The third-order valence-electron chi connectivity index (χ3n) is 3.54. The number of benzene rings is 2. The Kier molecular flexibility index (Phi) is 3.96. The molecule has 0 spiro atoms. The van der Waals surface area contributed by atoms with Crippen LogP contribution in [0.1, 0.15) is 21.5 Å². The molecule has 1 heterocycles. The van der Waals surface area contributed by atoms with Gasteiger partial charge in [-0.3, -0.25) is 9.59 Å². The van der Waals surface area contributed by atoms with Crippen molar-refractivity contribution in [3.63, 3.8) is 0 Å². The zero-order chi connectivity index (χ0) is 16.6. The molecular weight excluding hydrogens is 316 g/mol. The molecule has 2 N–H and O–H groups in total. The van der Waals surface area contributed by atoms with E-state index >= 15 is 0 Å². The maximum absolute atomic E-state index is 12.4. The van der Waals surface area contributed by atoms with Crippen molar-refractivity contribution in [3.8, 4) is 5.75 Å². The molecule has 5 nitrogen and oxygen atoms in total. The number of rotatable bonds is 2. The fraction of sp³-hybridized carbons (Fsp3) is 0.176. The Labute approximate surface area is 138 Å². The minimum absolute atomic E-state index is 0.0172. The van der Waals surface area contributed by atoms with Crippen molar-refractivity contribution >= 4 is 34.8 Å². The van der Waals surface area contributed by atoms with Gasteiger partial charge in [0.1, 0.15) is 5.75 Å². The number of nitrogens with one attached hydrogen (secondary N) is 2. The van der Waals surface area contributed by atoms with Crippen molar-refractivity contribution in [1.29, 1.82) is 0 Å². The Morgan fingerprint density at radius 2 is 2.04 bits per heavy atom. The van der Waals surface area contributed by atoms with E-state index in [1.807, 2.05) is 19.9 Å². The predicted octanol–water partition coefficient (Wildman–Crippen LogP) is 3.54. The van der Waals surface area contributed by atoms with Crippen LogP contribution in [0.3, 0.4) is 0 Å². The van der Waals surface area contributed by atoms with Crippen LogP contribution in [0.2, 0.25) is 5.02 Å². The molecule has 0 unspecified atom stereocenters. The Balaban J connectivity index is 1.87. The molecule has 0 atom stereocenters. The number of carbonyl (C=O) groups excluding carboxylic acids is 2. The molecule has 0 radical (unpaired) electrons. The topological polar surface area (TPSA) is 67.4 Å². The molecule has 2 amide bonds. The second-order valence-corrected chi connectivity index (χ2v) is 5.85. The van der Waals surface area contributed by atoms with Gasteiger partial charge in [-0.15, -0.1) is 0 Å². The molecule has 0 saturated heterocycles. The highest BCUT2D eigenvalue weighted by Crippen LogP contribution is 2.30. The Morgan fingerprint density at radius 1 is 1.26 bits per heavy atom. The highest BCUT2D eigenvalue weighted by molar-refractivity contribution is 6.34. The van der Waals surface area contributed by atoms with Crippen LogP contribution in [0.4, 0.5) is 11.4 Å². The largest absolute Gasteiger partial charge is 0.482 e. The lowest BCUT2D eigenvalue weighted by atomic mass is 10.1. The van der Waals surface area contributed by atoms with E-state index in [2.05, 4.69) is 10.6 Å². The summed E-state index contributed by atoms with van der Waals surface area (Å²) in [4.78, 5) is 23.8. The average molecular weight is 331 g/mol. The van der Waals surface area contributed by atoms with Crippen LogP contribution in [0.15, 0.2) is 30.3 Å². The van der Waals surface area contributed by atoms with Crippen LogP contribution in [-0.2, 0) is 4.79 Å². The number of aryl methyl sites for hydroxylation is 2. The third-order valence-corrected chi connectivity index (χ3v) is 3.84. The van der Waals surface area contributed by atoms with Crippen molar-refractivity contribution in [1.82, 2.24) is 0 Å². The number of ether oxygens (including phenoxy) is 1. The van der Waals surface area contributed by atoms with E-state index in [4.69, 9.17) is 16.3 Å². The summed E-state index contributed by atoms with van der Waals surface area (Å²) in [6.45, 7) is 3.81. The number of carbonyl (C=O) groups is 2. The average Bonchev–Trinajstić information content (AvgIpc) is 2.49. The zero-order valence-electron chi connectivity index (χ0n) is 12.7. The molecule has 0 aliphatic carbocycles. The van der Waals surface area contributed by atoms with Crippen molar-refractivity contribution in [3.05, 3.63) is 52.0 Å². The summed E-state index contributed by atoms with van der Waals surface area (Å²) >= 11 is 6.21. The minimum atomic E-state index is -0.304. The van der Waals surface area contributed by atoms with Crippen LogP contribution in [0.5, 0.6) is 5.75 Å². The summed E-state index contributed by atoms with van der Waals surface area (Å²) in [7, 11) is 0. The summed E-state index contributed by atoms with van der Waals surface area (Å²) in [6.07, 6.45) is 0. The lowest BCUT2D eigenvalue weighted by Crippen LogP contribution is -2.25. The SMILES string of the molecule is Cc1cc(C)c(NC(=O)c2ccc3c(c2)NC(=O)CO3)c(Cl)c1. The number of hydrogen-bond donors (Lipinski definition) is 2. The molecule has 2 aromatic rings. The molecule has 23 heavy (non-hydrogen) atoms. The van der Waals surface area contributed by atoms with Gasteiger partial charge in [0.2, 0.25) is 0 Å². The van der Waals surface area contributed by atoms with Crippen molar-refractivity contribution < 1.29 is 14.3 Å². The van der Waals surface area contributed by atoms with E-state index in [9.17, 15) is 9.59 Å². The monoisotopic (exact) mass is 330 g/mol. The van der Waals surface area contributed by atoms with Gasteiger partial charge >= 0.3 is 0 Å². The lowest BCUT2D eigenvalue weighted by molar-refractivity contribution is -0.118. The van der Waals surface area contributed by atoms with Gasteiger partial charge in [-0.1, -0.05) is 17.7 Å². The number of hydrogen-bond acceptors (Lipinski definition) is 3. The fourth-order valence-corrected chi connectivity index (χ4v) is 2.85. The maximum atomic E-state index is 12.4. The van der Waals surface area contributed by atoms with Gasteiger partial charge in [0.05, 0.1) is 16.4 Å². The first kappa shape index (κ1) is 15.4. The van der Waals surface area contributed by atoms with Gasteiger partial charge < -0.3 is 15.4 Å². The molecule has 0 bridgehead atoms. The van der Waals surface area contributed by atoms with E-state index in [1.54, 1.807) is 24.3 Å². The van der Waals surface area contributed by atoms with Crippen molar-refractivity contribution in [2.24, 2.45) is 0 Å². The summed E-state index contributed by atoms with van der Waals surface area (Å²) in [5, 5.41) is 5.99. The van der Waals surface area contributed by atoms with E-state index in [-0.39, 0.29) is 18.4 Å². The molecule has 3 rings (SSSR count). The van der Waals surface area contributed by atoms with Gasteiger partial charge in [0.25, 0.3) is 11.8 Å². The zero-order valence-corrected chi connectivity index (χ0v) is 13.5. The van der Waals surface area contributed by atoms with Crippen LogP contribution in [-0.4, -0.2) is 18.4 Å². The fourth-order valence-electron chi connectivity index (χ4n) is 2.48. The molecule has 0 saturated carbocycles. The molecule has 6 heteroatoms. The summed E-state index contributed by atoms with van der Waals surface area (Å²) in [5.74, 6) is -0.000319. The number of anilines is 2. The van der Waals surface area contributed by atoms with Gasteiger partial charge in [-0.25, -0.2) is 0 Å². The maximum Gasteiger partial charge on any atom is 0.262 e. The second-order valence-electron chi connectivity index (χ2n) is 5.44. The van der Waals surface area contributed by atoms with Crippen LogP contribution >= 0.6 is 11.6 Å². The van der Waals surface area contributed by atoms with Crippen molar-refractivity contribution in [2.75, 3.05) is 17.2 Å². The smallest absolute Gasteiger partial charge is 0.262 e. The molecular formula is C17H15ClN2O3. The number of fused-ring (bicyclic) bond motifs is 1. The minimum Gasteiger partial charge on any atom is -0.482 e. The number of halogens is 1. The van der Waals surface area contributed by atoms with E-state index < -0.39 is 0 Å². The summed E-state index contributed by atoms with van der Waals surface area (Å²) in [5.41, 5.74) is 3.39. The highest BCUT2D eigenvalue weighted by atomic mass is 35.5. The summed E-state index contributed by atoms with van der Waals surface area (Å²) < 4.78 is 5.28. The molecule has 1 aliphatic heterocycles. The summed E-state index contributed by atoms with van der Waals surface area (Å²) in [6, 6.07) is 8.63. The number of amides is 2. The third kappa shape index (κ3) is 3.14. The normalized spacial score (nSPS) is 12.9. The van der Waals surface area contributed by atoms with Crippen LogP contribution < -0.4 is 15.4 Å². The van der Waals surface area contributed by atoms with E-state index in [0.29, 0.717) is 27.7 Å². The first-order chi connectivity index (χ1) is 10.9. The van der Waals surface area contributed by atoms with Crippen LogP contribution in [0, 0.1) is 13.8 Å². The standard InChI is InChI=1S/C17H15ClN2O3/c1-9-5-10(2)16(12(18)6-9)20-17(22)11-3-4-14-13(7-11)19-15(21)8-23-14/h3-7H,8H2,1-2H3,(H,19,21)(H,20,22). The second kappa shape index (κ2) is 5.93. The first-order valence-corrected chi connectivity index (χ1v) is 7.46. The molecule has 0 fully saturated rings. The predicted molar refractivity (Wildman–Crippen MR) is 89.4 cm³/mol.